The highest BCUT2D eigenvalue weighted by Gasteiger charge is 1.99. The number of aryl methyl sites for hydroxylation is 1. The number of hydrogen-bond acceptors (Lipinski definition) is 3. The minimum atomic E-state index is 0.666. The van der Waals surface area contributed by atoms with E-state index in [2.05, 4.69) is 57.2 Å². The average Bonchev–Trinajstić information content (AvgIpc) is 2.67. The topological polar surface area (TPSA) is 38.1 Å². The lowest BCUT2D eigenvalue weighted by Crippen LogP contribution is -2.12. The van der Waals surface area contributed by atoms with Crippen molar-refractivity contribution in [3.8, 4) is 0 Å². The van der Waals surface area contributed by atoms with Gasteiger partial charge >= 0.3 is 0 Å². The van der Waals surface area contributed by atoms with Crippen LogP contribution in [0.5, 0.6) is 0 Å². The fourth-order valence-electron chi connectivity index (χ4n) is 1.40. The number of nitrogens with zero attached hydrogens (tertiary/aromatic N) is 1. The van der Waals surface area contributed by atoms with Crippen molar-refractivity contribution in [2.24, 2.45) is 0 Å². The second kappa shape index (κ2) is 5.45. The molecule has 0 spiro atoms. The number of nitrogens with one attached hydrogen (secondary N) is 1. The van der Waals surface area contributed by atoms with E-state index < -0.39 is 0 Å². The third-order valence-electron chi connectivity index (χ3n) is 2.19. The third kappa shape index (κ3) is 3.31. The minimum absolute atomic E-state index is 0.666. The average molecular weight is 328 g/mol. The van der Waals surface area contributed by atoms with Crippen LogP contribution in [0, 0.1) is 10.5 Å². The van der Waals surface area contributed by atoms with E-state index in [-0.39, 0.29) is 0 Å². The molecule has 0 fully saturated rings. The number of halogens is 1. The van der Waals surface area contributed by atoms with Crippen LogP contribution in [-0.4, -0.2) is 4.98 Å². The number of aromatic nitrogens is 1. The summed E-state index contributed by atoms with van der Waals surface area (Å²) in [4.78, 5) is 4.13. The first kappa shape index (κ1) is 11.6. The summed E-state index contributed by atoms with van der Waals surface area (Å²) >= 11 is 2.30. The van der Waals surface area contributed by atoms with Gasteiger partial charge in [-0.2, -0.15) is 0 Å². The molecular formula is C12H13IN2O. The second-order valence-corrected chi connectivity index (χ2v) is 4.84. The standard InChI is InChI=1S/C12H13IN2O/c1-9-6-15-12(16-9)8-14-7-10-2-4-11(13)5-3-10/h2-6,14H,7-8H2,1H3. The molecule has 0 amide bonds. The zero-order valence-corrected chi connectivity index (χ0v) is 11.2. The Hall–Kier alpha value is -0.880. The molecule has 1 aromatic heterocycles. The van der Waals surface area contributed by atoms with Gasteiger partial charge in [0.1, 0.15) is 5.76 Å². The molecule has 16 heavy (non-hydrogen) atoms. The molecule has 84 valence electrons. The van der Waals surface area contributed by atoms with Crippen molar-refractivity contribution >= 4 is 22.6 Å². The fraction of sp³-hybridized carbons (Fsp3) is 0.250. The van der Waals surface area contributed by atoms with Crippen molar-refractivity contribution < 1.29 is 4.42 Å². The largest absolute Gasteiger partial charge is 0.445 e. The van der Waals surface area contributed by atoms with Gasteiger partial charge in [0, 0.05) is 10.1 Å². The normalized spacial score (nSPS) is 10.6. The van der Waals surface area contributed by atoms with Gasteiger partial charge in [0.25, 0.3) is 0 Å². The van der Waals surface area contributed by atoms with E-state index in [0.29, 0.717) is 6.54 Å². The lowest BCUT2D eigenvalue weighted by Gasteiger charge is -2.02. The summed E-state index contributed by atoms with van der Waals surface area (Å²) in [5.74, 6) is 1.59. The highest BCUT2D eigenvalue weighted by Crippen LogP contribution is 2.07. The Kier molecular flexibility index (Phi) is 3.95. The van der Waals surface area contributed by atoms with E-state index in [4.69, 9.17) is 4.42 Å². The van der Waals surface area contributed by atoms with Crippen molar-refractivity contribution in [1.29, 1.82) is 0 Å². The zero-order valence-electron chi connectivity index (χ0n) is 9.03. The molecule has 0 radical (unpaired) electrons. The van der Waals surface area contributed by atoms with E-state index in [1.807, 2.05) is 6.92 Å². The molecule has 0 saturated heterocycles. The van der Waals surface area contributed by atoms with Crippen LogP contribution < -0.4 is 5.32 Å². The molecule has 0 aliphatic heterocycles. The SMILES string of the molecule is Cc1cnc(CNCc2ccc(I)cc2)o1. The van der Waals surface area contributed by atoms with Gasteiger partial charge in [-0.1, -0.05) is 12.1 Å². The Morgan fingerprint density at radius 1 is 1.25 bits per heavy atom. The molecule has 3 nitrogen and oxygen atoms in total. The molecule has 0 atom stereocenters. The molecule has 0 bridgehead atoms. The fourth-order valence-corrected chi connectivity index (χ4v) is 1.76. The van der Waals surface area contributed by atoms with Crippen LogP contribution in [0.25, 0.3) is 0 Å². The van der Waals surface area contributed by atoms with Crippen LogP contribution in [-0.2, 0) is 13.1 Å². The van der Waals surface area contributed by atoms with E-state index in [0.717, 1.165) is 18.2 Å². The van der Waals surface area contributed by atoms with Crippen molar-refractivity contribution in [1.82, 2.24) is 10.3 Å². The molecule has 2 aromatic rings. The number of oxazole rings is 1. The van der Waals surface area contributed by atoms with Crippen LogP contribution in [0.4, 0.5) is 0 Å². The minimum Gasteiger partial charge on any atom is -0.445 e. The molecule has 0 unspecified atom stereocenters. The molecule has 0 saturated carbocycles. The van der Waals surface area contributed by atoms with Gasteiger partial charge in [0.2, 0.25) is 5.89 Å². The zero-order chi connectivity index (χ0) is 11.4. The Morgan fingerprint density at radius 3 is 2.62 bits per heavy atom. The maximum atomic E-state index is 5.37. The molecule has 0 aliphatic carbocycles. The highest BCUT2D eigenvalue weighted by molar-refractivity contribution is 14.1. The summed E-state index contributed by atoms with van der Waals surface area (Å²) < 4.78 is 6.62. The van der Waals surface area contributed by atoms with Gasteiger partial charge in [0.05, 0.1) is 12.7 Å². The second-order valence-electron chi connectivity index (χ2n) is 3.59. The van der Waals surface area contributed by atoms with Crippen LogP contribution in [0.15, 0.2) is 34.9 Å². The predicted octanol–water partition coefficient (Wildman–Crippen LogP) is 2.88. The van der Waals surface area contributed by atoms with Crippen molar-refractivity contribution in [2.45, 2.75) is 20.0 Å². The summed E-state index contributed by atoms with van der Waals surface area (Å²) in [6, 6.07) is 8.45. The van der Waals surface area contributed by atoms with E-state index >= 15 is 0 Å². The van der Waals surface area contributed by atoms with Crippen molar-refractivity contribution in [3.05, 3.63) is 51.2 Å². The smallest absolute Gasteiger partial charge is 0.208 e. The van der Waals surface area contributed by atoms with E-state index in [1.54, 1.807) is 6.20 Å². The molecule has 4 heteroatoms. The first-order valence-corrected chi connectivity index (χ1v) is 6.18. The monoisotopic (exact) mass is 328 g/mol. The number of benzene rings is 1. The highest BCUT2D eigenvalue weighted by atomic mass is 127. The van der Waals surface area contributed by atoms with Gasteiger partial charge in [-0.15, -0.1) is 0 Å². The summed E-state index contributed by atoms with van der Waals surface area (Å²) in [5, 5.41) is 3.29. The van der Waals surface area contributed by atoms with Crippen molar-refractivity contribution in [3.63, 3.8) is 0 Å². The lowest BCUT2D eigenvalue weighted by atomic mass is 10.2. The van der Waals surface area contributed by atoms with Gasteiger partial charge in [-0.05, 0) is 47.2 Å². The van der Waals surface area contributed by atoms with Gasteiger partial charge < -0.3 is 9.73 Å². The summed E-state index contributed by atoms with van der Waals surface area (Å²) in [5.41, 5.74) is 1.27. The number of rotatable bonds is 4. The van der Waals surface area contributed by atoms with E-state index in [1.165, 1.54) is 9.13 Å². The summed E-state index contributed by atoms with van der Waals surface area (Å²) in [7, 11) is 0. The number of hydrogen-bond donors (Lipinski definition) is 1. The van der Waals surface area contributed by atoms with Gasteiger partial charge in [0.15, 0.2) is 0 Å². The molecule has 2 rings (SSSR count). The maximum Gasteiger partial charge on any atom is 0.208 e. The summed E-state index contributed by atoms with van der Waals surface area (Å²) in [6.07, 6.45) is 1.74. The van der Waals surface area contributed by atoms with Crippen LogP contribution >= 0.6 is 22.6 Å². The molecule has 1 N–H and O–H groups in total. The lowest BCUT2D eigenvalue weighted by molar-refractivity contribution is 0.449. The Morgan fingerprint density at radius 2 is 2.00 bits per heavy atom. The molecular weight excluding hydrogens is 315 g/mol. The first-order valence-electron chi connectivity index (χ1n) is 5.10. The Bertz CT molecular complexity index is 450. The van der Waals surface area contributed by atoms with Crippen LogP contribution in [0.1, 0.15) is 17.2 Å². The molecule has 1 heterocycles. The van der Waals surface area contributed by atoms with Crippen molar-refractivity contribution in [2.75, 3.05) is 0 Å². The predicted molar refractivity (Wildman–Crippen MR) is 70.9 cm³/mol. The van der Waals surface area contributed by atoms with Crippen LogP contribution in [0.2, 0.25) is 0 Å². The Labute approximate surface area is 108 Å². The van der Waals surface area contributed by atoms with E-state index in [9.17, 15) is 0 Å². The third-order valence-corrected chi connectivity index (χ3v) is 2.91. The molecule has 1 aromatic carbocycles. The summed E-state index contributed by atoms with van der Waals surface area (Å²) in [6.45, 7) is 3.40. The molecule has 0 aliphatic rings. The Balaban J connectivity index is 1.82. The van der Waals surface area contributed by atoms with Crippen LogP contribution in [0.3, 0.4) is 0 Å². The maximum absolute atomic E-state index is 5.37. The van der Waals surface area contributed by atoms with Gasteiger partial charge in [-0.3, -0.25) is 0 Å². The van der Waals surface area contributed by atoms with Gasteiger partial charge in [-0.25, -0.2) is 4.98 Å². The first-order chi connectivity index (χ1) is 7.74. The quantitative estimate of drug-likeness (QED) is 0.877.